The van der Waals surface area contributed by atoms with Crippen LogP contribution in [0.1, 0.15) is 42.4 Å². The molecule has 0 spiro atoms. The second kappa shape index (κ2) is 11.8. The minimum absolute atomic E-state index is 0.0680. The maximum Gasteiger partial charge on any atom is 0.253 e. The van der Waals surface area contributed by atoms with Crippen LogP contribution in [0, 0.1) is 0 Å². The van der Waals surface area contributed by atoms with Crippen LogP contribution >= 0.6 is 0 Å². The third-order valence-corrected chi connectivity index (χ3v) is 6.19. The fourth-order valence-corrected chi connectivity index (χ4v) is 4.32. The molecule has 0 bridgehead atoms. The van der Waals surface area contributed by atoms with Gasteiger partial charge in [0, 0.05) is 39.0 Å². The summed E-state index contributed by atoms with van der Waals surface area (Å²) in [5.41, 5.74) is 4.44. The highest BCUT2D eigenvalue weighted by molar-refractivity contribution is 5.94. The number of amides is 1. The number of likely N-dealkylation sites (tertiary alicyclic amines) is 1. The minimum atomic E-state index is -0.330. The second-order valence-corrected chi connectivity index (χ2v) is 8.77. The summed E-state index contributed by atoms with van der Waals surface area (Å²) >= 11 is 0. The summed E-state index contributed by atoms with van der Waals surface area (Å²) in [5, 5.41) is 9.68. The van der Waals surface area contributed by atoms with Gasteiger partial charge >= 0.3 is 0 Å². The van der Waals surface area contributed by atoms with Crippen LogP contribution in [0.4, 0.5) is 5.69 Å². The minimum Gasteiger partial charge on any atom is -0.368 e. The summed E-state index contributed by atoms with van der Waals surface area (Å²) in [5.74, 6) is 0.673. The van der Waals surface area contributed by atoms with Gasteiger partial charge in [-0.3, -0.25) is 14.7 Å². The van der Waals surface area contributed by atoms with Crippen molar-refractivity contribution in [3.8, 4) is 0 Å². The maximum absolute atomic E-state index is 12.3. The van der Waals surface area contributed by atoms with Crippen LogP contribution in [0.5, 0.6) is 0 Å². The first kappa shape index (κ1) is 23.3. The van der Waals surface area contributed by atoms with E-state index in [1.165, 1.54) is 37.1 Å². The standard InChI is InChI=1S/C26H35N5O2/c1-27-26(28-17-20-9-11-21(12-10-20)19-31-13-2-3-14-31)29-18-22-6-4-7-23(16-22)30-25(32)24-8-5-15-33-24/h4,6-7,9-12,16,24H,2-3,5,8,13-15,17-19H2,1H3,(H,30,32)(H2,27,28,29). The van der Waals surface area contributed by atoms with E-state index < -0.39 is 0 Å². The van der Waals surface area contributed by atoms with Gasteiger partial charge in [-0.25, -0.2) is 0 Å². The van der Waals surface area contributed by atoms with Crippen LogP contribution in [0.25, 0.3) is 0 Å². The van der Waals surface area contributed by atoms with Crippen molar-refractivity contribution in [3.63, 3.8) is 0 Å². The molecule has 4 rings (SSSR count). The van der Waals surface area contributed by atoms with Gasteiger partial charge in [0.1, 0.15) is 6.10 Å². The molecule has 2 aromatic rings. The SMILES string of the molecule is CN=C(NCc1ccc(CN2CCCC2)cc1)NCc1cccc(NC(=O)C2CCCO2)c1. The highest BCUT2D eigenvalue weighted by Gasteiger charge is 2.23. The van der Waals surface area contributed by atoms with Crippen LogP contribution < -0.4 is 16.0 Å². The van der Waals surface area contributed by atoms with Gasteiger partial charge in [-0.15, -0.1) is 0 Å². The van der Waals surface area contributed by atoms with Gasteiger partial charge in [-0.1, -0.05) is 36.4 Å². The number of guanidine groups is 1. The normalized spacial score (nSPS) is 18.9. The smallest absolute Gasteiger partial charge is 0.253 e. The molecule has 7 nitrogen and oxygen atoms in total. The summed E-state index contributed by atoms with van der Waals surface area (Å²) in [6.45, 7) is 5.46. The predicted octanol–water partition coefficient (Wildman–Crippen LogP) is 3.27. The average molecular weight is 450 g/mol. The highest BCUT2D eigenvalue weighted by atomic mass is 16.5. The van der Waals surface area contributed by atoms with Crippen molar-refractivity contribution >= 4 is 17.6 Å². The lowest BCUT2D eigenvalue weighted by Crippen LogP contribution is -2.36. The van der Waals surface area contributed by atoms with Crippen molar-refractivity contribution in [1.82, 2.24) is 15.5 Å². The van der Waals surface area contributed by atoms with Crippen molar-refractivity contribution in [2.24, 2.45) is 4.99 Å². The van der Waals surface area contributed by atoms with E-state index in [2.05, 4.69) is 50.1 Å². The number of nitrogens with one attached hydrogen (secondary N) is 3. The molecule has 2 aliphatic heterocycles. The molecule has 33 heavy (non-hydrogen) atoms. The maximum atomic E-state index is 12.3. The summed E-state index contributed by atoms with van der Waals surface area (Å²) < 4.78 is 5.46. The molecule has 2 aliphatic rings. The molecule has 7 heteroatoms. The van der Waals surface area contributed by atoms with Crippen LogP contribution in [0.3, 0.4) is 0 Å². The van der Waals surface area contributed by atoms with Gasteiger partial charge < -0.3 is 20.7 Å². The predicted molar refractivity (Wildman–Crippen MR) is 132 cm³/mol. The van der Waals surface area contributed by atoms with E-state index in [0.29, 0.717) is 19.7 Å². The Labute approximate surface area is 196 Å². The van der Waals surface area contributed by atoms with Crippen molar-refractivity contribution in [1.29, 1.82) is 0 Å². The Morgan fingerprint density at radius 1 is 1.00 bits per heavy atom. The molecular formula is C26H35N5O2. The van der Waals surface area contributed by atoms with Gasteiger partial charge in [0.15, 0.2) is 5.96 Å². The second-order valence-electron chi connectivity index (χ2n) is 8.77. The van der Waals surface area contributed by atoms with Crippen molar-refractivity contribution in [2.75, 3.05) is 32.1 Å². The van der Waals surface area contributed by atoms with Crippen LogP contribution in [0.2, 0.25) is 0 Å². The van der Waals surface area contributed by atoms with Gasteiger partial charge in [0.05, 0.1) is 0 Å². The molecule has 0 saturated carbocycles. The largest absolute Gasteiger partial charge is 0.368 e. The summed E-state index contributed by atoms with van der Waals surface area (Å²) in [7, 11) is 1.77. The number of aliphatic imine (C=N–C) groups is 1. The van der Waals surface area contributed by atoms with Crippen LogP contribution in [-0.2, 0) is 29.2 Å². The number of ether oxygens (including phenoxy) is 1. The van der Waals surface area contributed by atoms with Crippen LogP contribution in [0.15, 0.2) is 53.5 Å². The Kier molecular flexibility index (Phi) is 8.33. The lowest BCUT2D eigenvalue weighted by Gasteiger charge is -2.15. The number of anilines is 1. The molecule has 1 amide bonds. The van der Waals surface area contributed by atoms with E-state index >= 15 is 0 Å². The summed E-state index contributed by atoms with van der Waals surface area (Å²) in [6.07, 6.45) is 4.04. The fraction of sp³-hybridized carbons (Fsp3) is 0.462. The first-order valence-electron chi connectivity index (χ1n) is 12.0. The number of rotatable bonds is 8. The molecule has 2 aromatic carbocycles. The monoisotopic (exact) mass is 449 g/mol. The number of hydrogen-bond donors (Lipinski definition) is 3. The molecule has 0 radical (unpaired) electrons. The lowest BCUT2D eigenvalue weighted by atomic mass is 10.1. The molecule has 0 aliphatic carbocycles. The van der Waals surface area contributed by atoms with E-state index in [9.17, 15) is 4.79 Å². The van der Waals surface area contributed by atoms with Gasteiger partial charge in [0.2, 0.25) is 0 Å². The number of carbonyl (C=O) groups is 1. The lowest BCUT2D eigenvalue weighted by molar-refractivity contribution is -0.124. The van der Waals surface area contributed by atoms with Crippen molar-refractivity contribution in [3.05, 3.63) is 65.2 Å². The molecule has 0 aromatic heterocycles. The van der Waals surface area contributed by atoms with E-state index in [0.717, 1.165) is 36.6 Å². The quantitative estimate of drug-likeness (QED) is 0.426. The molecule has 1 unspecified atom stereocenters. The Balaban J connectivity index is 1.22. The Morgan fingerprint density at radius 3 is 2.42 bits per heavy atom. The zero-order chi connectivity index (χ0) is 22.9. The van der Waals surface area contributed by atoms with E-state index in [4.69, 9.17) is 4.74 Å². The molecule has 1 atom stereocenters. The Hall–Kier alpha value is -2.90. The zero-order valence-electron chi connectivity index (χ0n) is 19.5. The van der Waals surface area contributed by atoms with Crippen molar-refractivity contribution < 1.29 is 9.53 Å². The first-order valence-corrected chi connectivity index (χ1v) is 12.0. The molecule has 3 N–H and O–H groups in total. The zero-order valence-corrected chi connectivity index (χ0v) is 19.5. The number of hydrogen-bond acceptors (Lipinski definition) is 4. The fourth-order valence-electron chi connectivity index (χ4n) is 4.32. The first-order chi connectivity index (χ1) is 16.2. The van der Waals surface area contributed by atoms with Crippen LogP contribution in [-0.4, -0.2) is 49.6 Å². The molecule has 2 heterocycles. The number of carbonyl (C=O) groups excluding carboxylic acids is 1. The summed E-state index contributed by atoms with van der Waals surface area (Å²) in [6, 6.07) is 16.7. The Bertz CT molecular complexity index is 932. The molecule has 176 valence electrons. The third kappa shape index (κ3) is 7.04. The van der Waals surface area contributed by atoms with E-state index in [1.54, 1.807) is 7.05 Å². The van der Waals surface area contributed by atoms with Gasteiger partial charge in [0.25, 0.3) is 5.91 Å². The molecule has 2 fully saturated rings. The molecular weight excluding hydrogens is 414 g/mol. The van der Waals surface area contributed by atoms with Gasteiger partial charge in [-0.05, 0) is 67.6 Å². The van der Waals surface area contributed by atoms with E-state index in [-0.39, 0.29) is 12.0 Å². The topological polar surface area (TPSA) is 78.0 Å². The number of benzene rings is 2. The van der Waals surface area contributed by atoms with Crippen molar-refractivity contribution in [2.45, 2.75) is 51.4 Å². The molecule has 2 saturated heterocycles. The Morgan fingerprint density at radius 2 is 1.73 bits per heavy atom. The highest BCUT2D eigenvalue weighted by Crippen LogP contribution is 2.16. The third-order valence-electron chi connectivity index (χ3n) is 6.19. The van der Waals surface area contributed by atoms with E-state index in [1.807, 2.05) is 24.3 Å². The average Bonchev–Trinajstić information content (AvgIpc) is 3.55. The summed E-state index contributed by atoms with van der Waals surface area (Å²) in [4.78, 5) is 19.1. The van der Waals surface area contributed by atoms with Gasteiger partial charge in [-0.2, -0.15) is 0 Å². The number of nitrogens with zero attached hydrogens (tertiary/aromatic N) is 2.